The second kappa shape index (κ2) is 10.6. The third kappa shape index (κ3) is 6.43. The Morgan fingerprint density at radius 2 is 1.79 bits per heavy atom. The molecule has 0 spiro atoms. The van der Waals surface area contributed by atoms with Gasteiger partial charge in [-0.2, -0.15) is 0 Å². The maximum absolute atomic E-state index is 12.3. The molecule has 3 rings (SSSR count). The Bertz CT molecular complexity index is 819. The second-order valence-corrected chi connectivity index (χ2v) is 7.98. The van der Waals surface area contributed by atoms with E-state index in [2.05, 4.69) is 15.1 Å². The van der Waals surface area contributed by atoms with E-state index in [9.17, 15) is 9.59 Å². The topological polar surface area (TPSA) is 71.1 Å². The Hall–Kier alpha value is -2.13. The highest BCUT2D eigenvalue weighted by molar-refractivity contribution is 7.12. The van der Waals surface area contributed by atoms with E-state index < -0.39 is 5.97 Å². The first-order chi connectivity index (χ1) is 14.0. The van der Waals surface area contributed by atoms with E-state index in [-0.39, 0.29) is 5.91 Å². The monoisotopic (exact) mass is 437 g/mol. The third-order valence-corrected chi connectivity index (χ3v) is 5.78. The molecule has 0 bridgehead atoms. The van der Waals surface area contributed by atoms with Crippen LogP contribution < -0.4 is 10.1 Å². The first-order valence-electron chi connectivity index (χ1n) is 9.34. The van der Waals surface area contributed by atoms with Crippen molar-refractivity contribution in [2.45, 2.75) is 0 Å². The van der Waals surface area contributed by atoms with Gasteiger partial charge in [-0.05, 0) is 35.7 Å². The summed E-state index contributed by atoms with van der Waals surface area (Å²) in [6.07, 6.45) is 0. The van der Waals surface area contributed by atoms with Crippen LogP contribution in [0.25, 0.3) is 0 Å². The molecule has 9 heteroatoms. The van der Waals surface area contributed by atoms with E-state index in [1.54, 1.807) is 11.4 Å². The third-order valence-electron chi connectivity index (χ3n) is 4.63. The molecule has 0 saturated carbocycles. The Balaban J connectivity index is 1.36. The van der Waals surface area contributed by atoms with Gasteiger partial charge in [0.25, 0.3) is 0 Å². The molecule has 0 aliphatic carbocycles. The smallest absolute Gasteiger partial charge is 0.350 e. The summed E-state index contributed by atoms with van der Waals surface area (Å²) >= 11 is 7.12. The molecule has 2 heterocycles. The van der Waals surface area contributed by atoms with Crippen LogP contribution in [0.3, 0.4) is 0 Å². The van der Waals surface area contributed by atoms with Gasteiger partial charge < -0.3 is 14.8 Å². The number of esters is 1. The summed E-state index contributed by atoms with van der Waals surface area (Å²) in [6.45, 7) is 5.11. The van der Waals surface area contributed by atoms with Crippen molar-refractivity contribution in [2.75, 3.05) is 58.3 Å². The summed E-state index contributed by atoms with van der Waals surface area (Å²) < 4.78 is 10.5. The summed E-state index contributed by atoms with van der Waals surface area (Å²) in [5, 5.41) is 5.26. The molecular weight excluding hydrogens is 414 g/mol. The maximum Gasteiger partial charge on any atom is 0.350 e. The van der Waals surface area contributed by atoms with Gasteiger partial charge in [-0.25, -0.2) is 4.79 Å². The molecule has 1 amide bonds. The molecule has 0 radical (unpaired) electrons. The standard InChI is InChI=1S/C20H24ClN3O4S/c1-27-20(26)19-17(6-13-29-19)22-18(25)14-24-9-7-23(8-10-24)11-12-28-16-4-2-15(21)3-5-16/h2-6,13H,7-12,14H2,1H3,(H,22,25). The van der Waals surface area contributed by atoms with Crippen LogP contribution in [0.15, 0.2) is 35.7 Å². The fourth-order valence-corrected chi connectivity index (χ4v) is 3.94. The highest BCUT2D eigenvalue weighted by atomic mass is 35.5. The molecule has 0 atom stereocenters. The summed E-state index contributed by atoms with van der Waals surface area (Å²) in [4.78, 5) is 28.9. The van der Waals surface area contributed by atoms with Gasteiger partial charge in [-0.15, -0.1) is 11.3 Å². The Labute approximate surface area is 179 Å². The van der Waals surface area contributed by atoms with Crippen LogP contribution in [0.4, 0.5) is 5.69 Å². The van der Waals surface area contributed by atoms with Crippen molar-refractivity contribution in [1.29, 1.82) is 0 Å². The SMILES string of the molecule is COC(=O)c1sccc1NC(=O)CN1CCN(CCOc2ccc(Cl)cc2)CC1. The van der Waals surface area contributed by atoms with Crippen molar-refractivity contribution in [1.82, 2.24) is 9.80 Å². The van der Waals surface area contributed by atoms with Crippen LogP contribution in [0.1, 0.15) is 9.67 Å². The number of halogens is 1. The minimum atomic E-state index is -0.440. The minimum Gasteiger partial charge on any atom is -0.492 e. The fourth-order valence-electron chi connectivity index (χ4n) is 3.05. The fraction of sp³-hybridized carbons (Fsp3) is 0.400. The lowest BCUT2D eigenvalue weighted by Crippen LogP contribution is -2.49. The number of hydrogen-bond donors (Lipinski definition) is 1. The molecule has 1 aliphatic heterocycles. The highest BCUT2D eigenvalue weighted by Gasteiger charge is 2.20. The minimum absolute atomic E-state index is 0.131. The number of amides is 1. The molecule has 29 heavy (non-hydrogen) atoms. The molecule has 2 aromatic rings. The zero-order chi connectivity index (χ0) is 20.6. The Kier molecular flexibility index (Phi) is 7.88. The average molecular weight is 438 g/mol. The first-order valence-corrected chi connectivity index (χ1v) is 10.6. The predicted molar refractivity (Wildman–Crippen MR) is 114 cm³/mol. The molecule has 0 unspecified atom stereocenters. The molecule has 7 nitrogen and oxygen atoms in total. The van der Waals surface area contributed by atoms with Crippen LogP contribution in [-0.2, 0) is 9.53 Å². The maximum atomic E-state index is 12.3. The zero-order valence-corrected chi connectivity index (χ0v) is 17.8. The van der Waals surface area contributed by atoms with Gasteiger partial charge in [-0.1, -0.05) is 11.6 Å². The summed E-state index contributed by atoms with van der Waals surface area (Å²) in [7, 11) is 1.33. The number of rotatable bonds is 8. The largest absolute Gasteiger partial charge is 0.492 e. The Morgan fingerprint density at radius 3 is 2.48 bits per heavy atom. The van der Waals surface area contributed by atoms with Crippen molar-refractivity contribution < 1.29 is 19.1 Å². The summed E-state index contributed by atoms with van der Waals surface area (Å²) in [5.74, 6) is 0.238. The summed E-state index contributed by atoms with van der Waals surface area (Å²) in [6, 6.07) is 9.05. The lowest BCUT2D eigenvalue weighted by molar-refractivity contribution is -0.117. The van der Waals surface area contributed by atoms with Crippen LogP contribution in [0.2, 0.25) is 5.02 Å². The van der Waals surface area contributed by atoms with Crippen molar-refractivity contribution in [3.05, 3.63) is 45.6 Å². The molecule has 1 aliphatic rings. The summed E-state index contributed by atoms with van der Waals surface area (Å²) in [5.41, 5.74) is 0.504. The number of ether oxygens (including phenoxy) is 2. The van der Waals surface area contributed by atoms with Gasteiger partial charge in [0.15, 0.2) is 0 Å². The normalized spacial score (nSPS) is 15.1. The molecule has 156 valence electrons. The predicted octanol–water partition coefficient (Wildman–Crippen LogP) is 2.82. The number of hydrogen-bond acceptors (Lipinski definition) is 7. The van der Waals surface area contributed by atoms with Gasteiger partial charge in [0, 0.05) is 37.7 Å². The van der Waals surface area contributed by atoms with Crippen LogP contribution in [-0.4, -0.2) is 74.7 Å². The Morgan fingerprint density at radius 1 is 1.10 bits per heavy atom. The quantitative estimate of drug-likeness (QED) is 0.640. The van der Waals surface area contributed by atoms with Crippen LogP contribution in [0, 0.1) is 0 Å². The van der Waals surface area contributed by atoms with Gasteiger partial charge in [0.2, 0.25) is 5.91 Å². The van der Waals surface area contributed by atoms with Crippen molar-refractivity contribution in [3.63, 3.8) is 0 Å². The number of carbonyl (C=O) groups excluding carboxylic acids is 2. The number of nitrogens with zero attached hydrogens (tertiary/aromatic N) is 2. The molecule has 1 aromatic carbocycles. The van der Waals surface area contributed by atoms with E-state index in [4.69, 9.17) is 21.1 Å². The van der Waals surface area contributed by atoms with Gasteiger partial charge in [0.1, 0.15) is 17.2 Å². The van der Waals surface area contributed by atoms with Crippen molar-refractivity contribution >= 4 is 40.5 Å². The molecule has 1 aromatic heterocycles. The lowest BCUT2D eigenvalue weighted by atomic mass is 10.3. The van der Waals surface area contributed by atoms with Gasteiger partial charge in [-0.3, -0.25) is 14.6 Å². The number of nitrogens with one attached hydrogen (secondary N) is 1. The first kappa shape index (κ1) is 21.6. The van der Waals surface area contributed by atoms with Crippen LogP contribution in [0.5, 0.6) is 5.75 Å². The molecule has 1 saturated heterocycles. The average Bonchev–Trinajstić information content (AvgIpc) is 3.18. The van der Waals surface area contributed by atoms with Crippen molar-refractivity contribution in [2.24, 2.45) is 0 Å². The zero-order valence-electron chi connectivity index (χ0n) is 16.2. The number of thiophene rings is 1. The molecule has 1 fully saturated rings. The van der Waals surface area contributed by atoms with Crippen LogP contribution >= 0.6 is 22.9 Å². The van der Waals surface area contributed by atoms with E-state index >= 15 is 0 Å². The van der Waals surface area contributed by atoms with E-state index in [1.165, 1.54) is 18.4 Å². The number of benzene rings is 1. The number of anilines is 1. The molecule has 1 N–H and O–H groups in total. The van der Waals surface area contributed by atoms with E-state index in [0.717, 1.165) is 38.5 Å². The van der Waals surface area contributed by atoms with E-state index in [0.29, 0.717) is 28.7 Å². The number of piperazine rings is 1. The second-order valence-electron chi connectivity index (χ2n) is 6.62. The van der Waals surface area contributed by atoms with E-state index in [1.807, 2.05) is 24.3 Å². The number of carbonyl (C=O) groups is 2. The highest BCUT2D eigenvalue weighted by Crippen LogP contribution is 2.23. The molecular formula is C20H24ClN3O4S. The van der Waals surface area contributed by atoms with Gasteiger partial charge >= 0.3 is 5.97 Å². The van der Waals surface area contributed by atoms with Crippen molar-refractivity contribution in [3.8, 4) is 5.75 Å². The van der Waals surface area contributed by atoms with Gasteiger partial charge in [0.05, 0.1) is 19.3 Å². The number of methoxy groups -OCH3 is 1. The lowest BCUT2D eigenvalue weighted by Gasteiger charge is -2.34.